The summed E-state index contributed by atoms with van der Waals surface area (Å²) in [7, 11) is 0. The Hall–Kier alpha value is -2.89. The monoisotopic (exact) mass is 501 g/mol. The third-order valence-electron chi connectivity index (χ3n) is 8.81. The smallest absolute Gasteiger partial charge is 0.286 e. The number of pyridine rings is 1. The van der Waals surface area contributed by atoms with E-state index in [2.05, 4.69) is 64.8 Å². The molecule has 2 aromatic carbocycles. The summed E-state index contributed by atoms with van der Waals surface area (Å²) in [6, 6.07) is 24.9. The van der Waals surface area contributed by atoms with Crippen molar-refractivity contribution in [2.24, 2.45) is 5.92 Å². The number of carbonyl (C=O) groups is 1. The second-order valence-electron chi connectivity index (χ2n) is 10.6. The highest BCUT2D eigenvalue weighted by atomic mass is 35.5. The van der Waals surface area contributed by atoms with E-state index in [9.17, 15) is 10.0 Å². The maximum atomic E-state index is 14.4. The molecule has 3 aromatic rings. The summed E-state index contributed by atoms with van der Waals surface area (Å²) in [6.07, 6.45) is 4.37. The van der Waals surface area contributed by atoms with Gasteiger partial charge in [-0.25, -0.2) is 0 Å². The minimum absolute atomic E-state index is 0.0352. The molecule has 1 aromatic heterocycles. The van der Waals surface area contributed by atoms with Crippen molar-refractivity contribution in [3.05, 3.63) is 106 Å². The molecule has 1 N–H and O–H groups in total. The van der Waals surface area contributed by atoms with Gasteiger partial charge in [0, 0.05) is 43.1 Å². The summed E-state index contributed by atoms with van der Waals surface area (Å²) in [5.41, 5.74) is 3.92. The van der Waals surface area contributed by atoms with E-state index in [1.165, 1.54) is 11.1 Å². The Kier molecular flexibility index (Phi) is 6.22. The van der Waals surface area contributed by atoms with Crippen LogP contribution in [0.5, 0.6) is 0 Å². The molecule has 2 aliphatic heterocycles. The van der Waals surface area contributed by atoms with Crippen molar-refractivity contribution in [1.82, 2.24) is 10.2 Å². The Morgan fingerprint density at radius 1 is 1.03 bits per heavy atom. The van der Waals surface area contributed by atoms with Gasteiger partial charge in [-0.3, -0.25) is 4.79 Å². The van der Waals surface area contributed by atoms with E-state index in [1.54, 1.807) is 6.07 Å². The van der Waals surface area contributed by atoms with Crippen LogP contribution in [0, 0.1) is 11.1 Å². The molecule has 6 heteroatoms. The molecule has 0 saturated carbocycles. The molecule has 4 unspecified atom stereocenters. The zero-order chi connectivity index (χ0) is 24.7. The van der Waals surface area contributed by atoms with Crippen LogP contribution >= 0.6 is 11.6 Å². The normalized spacial score (nSPS) is 27.7. The molecule has 2 saturated heterocycles. The predicted octanol–water partition coefficient (Wildman–Crippen LogP) is 4.91. The van der Waals surface area contributed by atoms with Gasteiger partial charge in [-0.1, -0.05) is 60.7 Å². The highest BCUT2D eigenvalue weighted by Gasteiger charge is 2.53. The zero-order valence-electron chi connectivity index (χ0n) is 20.4. The topological polar surface area (TPSA) is 59.3 Å². The fourth-order valence-electron chi connectivity index (χ4n) is 7.03. The van der Waals surface area contributed by atoms with Gasteiger partial charge in [0.25, 0.3) is 5.15 Å². The number of hydrogen-bond acceptors (Lipinski definition) is 3. The van der Waals surface area contributed by atoms with Gasteiger partial charge < -0.3 is 15.4 Å². The average Bonchev–Trinajstić information content (AvgIpc) is 3.35. The number of fused-ring (bicyclic) bond motifs is 2. The molecular formula is C30H32ClN3O2. The number of amides is 1. The summed E-state index contributed by atoms with van der Waals surface area (Å²) in [6.45, 7) is 2.09. The van der Waals surface area contributed by atoms with Crippen LogP contribution in [0.4, 0.5) is 0 Å². The Morgan fingerprint density at radius 2 is 1.75 bits per heavy atom. The number of halogens is 1. The van der Waals surface area contributed by atoms with Crippen LogP contribution in [0.1, 0.15) is 60.0 Å². The molecular weight excluding hydrogens is 470 g/mol. The van der Waals surface area contributed by atoms with Gasteiger partial charge in [0.1, 0.15) is 0 Å². The van der Waals surface area contributed by atoms with Crippen LogP contribution in [-0.2, 0) is 16.6 Å². The zero-order valence-corrected chi connectivity index (χ0v) is 21.2. The number of benzene rings is 2. The van der Waals surface area contributed by atoms with Crippen LogP contribution < -0.4 is 10.0 Å². The lowest BCUT2D eigenvalue weighted by atomic mass is 9.65. The molecule has 3 aliphatic rings. The van der Waals surface area contributed by atoms with Crippen LogP contribution in [0.2, 0.25) is 5.15 Å². The molecule has 1 aliphatic carbocycles. The molecule has 6 rings (SSSR count). The van der Waals surface area contributed by atoms with Gasteiger partial charge in [0.15, 0.2) is 5.69 Å². The summed E-state index contributed by atoms with van der Waals surface area (Å²) in [5.74, 6) is 0.436. The summed E-state index contributed by atoms with van der Waals surface area (Å²) in [4.78, 5) is 16.6. The Morgan fingerprint density at radius 3 is 2.50 bits per heavy atom. The molecule has 3 heterocycles. The highest BCUT2D eigenvalue weighted by Crippen LogP contribution is 2.47. The van der Waals surface area contributed by atoms with Crippen molar-refractivity contribution in [3.63, 3.8) is 0 Å². The van der Waals surface area contributed by atoms with E-state index in [1.807, 2.05) is 12.1 Å². The second kappa shape index (κ2) is 9.53. The van der Waals surface area contributed by atoms with Gasteiger partial charge in [0.05, 0.1) is 12.0 Å². The molecule has 186 valence electrons. The Labute approximate surface area is 217 Å². The number of nitrogens with one attached hydrogen (secondary N) is 1. The van der Waals surface area contributed by atoms with Crippen molar-refractivity contribution in [2.45, 2.75) is 49.5 Å². The first-order chi connectivity index (χ1) is 17.6. The number of piperidine rings is 1. The van der Waals surface area contributed by atoms with E-state index in [4.69, 9.17) is 11.6 Å². The lowest BCUT2D eigenvalue weighted by molar-refractivity contribution is -0.612. The van der Waals surface area contributed by atoms with Gasteiger partial charge in [0.2, 0.25) is 5.91 Å². The van der Waals surface area contributed by atoms with Gasteiger partial charge in [-0.05, 0) is 60.4 Å². The van der Waals surface area contributed by atoms with Crippen molar-refractivity contribution >= 4 is 17.5 Å². The summed E-state index contributed by atoms with van der Waals surface area (Å²) in [5, 5.41) is 16.5. The van der Waals surface area contributed by atoms with Crippen LogP contribution in [0.25, 0.3) is 0 Å². The first-order valence-corrected chi connectivity index (χ1v) is 13.5. The minimum atomic E-state index is -0.362. The number of rotatable bonds is 3. The fourth-order valence-corrected chi connectivity index (χ4v) is 7.19. The first kappa shape index (κ1) is 23.5. The van der Waals surface area contributed by atoms with E-state index in [-0.39, 0.29) is 28.4 Å². The highest BCUT2D eigenvalue weighted by molar-refractivity contribution is 6.28. The molecule has 5 nitrogen and oxygen atoms in total. The van der Waals surface area contributed by atoms with Gasteiger partial charge >= 0.3 is 0 Å². The molecule has 0 bridgehead atoms. The predicted molar refractivity (Wildman–Crippen MR) is 141 cm³/mol. The minimum Gasteiger partial charge on any atom is -0.617 e. The van der Waals surface area contributed by atoms with Crippen molar-refractivity contribution in [3.8, 4) is 0 Å². The second-order valence-corrected chi connectivity index (χ2v) is 11.0. The molecule has 0 radical (unpaired) electrons. The van der Waals surface area contributed by atoms with Crippen molar-refractivity contribution in [1.29, 1.82) is 0 Å². The standard InChI is InChI=1S/C30H32ClN3O2/c31-28-14-13-24-26(34(28)36)12-7-16-30(24)20-32-19-25(30)29(35)33-17-15-23(21-8-3-1-4-9-21)18-27(33)22-10-5-2-6-11-22/h1-6,8-11,13-14,23,25,27,32H,7,12,15-20H2. The van der Waals surface area contributed by atoms with Crippen LogP contribution in [0.15, 0.2) is 72.8 Å². The van der Waals surface area contributed by atoms with E-state index in [0.29, 0.717) is 25.4 Å². The van der Waals surface area contributed by atoms with E-state index >= 15 is 0 Å². The van der Waals surface area contributed by atoms with E-state index in [0.717, 1.165) is 48.2 Å². The fraction of sp³-hybridized carbons (Fsp3) is 0.400. The number of aromatic nitrogens is 1. The number of carbonyl (C=O) groups excluding carboxylic acids is 1. The van der Waals surface area contributed by atoms with Crippen LogP contribution in [0.3, 0.4) is 0 Å². The molecule has 1 amide bonds. The Balaban J connectivity index is 1.35. The summed E-state index contributed by atoms with van der Waals surface area (Å²) < 4.78 is 0.871. The van der Waals surface area contributed by atoms with E-state index < -0.39 is 0 Å². The lowest BCUT2D eigenvalue weighted by Crippen LogP contribution is -2.52. The maximum absolute atomic E-state index is 14.4. The third kappa shape index (κ3) is 3.89. The van der Waals surface area contributed by atoms with Gasteiger partial charge in [-0.2, -0.15) is 4.73 Å². The van der Waals surface area contributed by atoms with Crippen molar-refractivity contribution < 1.29 is 9.52 Å². The third-order valence-corrected chi connectivity index (χ3v) is 9.08. The van der Waals surface area contributed by atoms with Gasteiger partial charge in [-0.15, -0.1) is 0 Å². The summed E-state index contributed by atoms with van der Waals surface area (Å²) >= 11 is 6.17. The van der Waals surface area contributed by atoms with Crippen molar-refractivity contribution in [2.75, 3.05) is 19.6 Å². The quantitative estimate of drug-likeness (QED) is 0.315. The number of likely N-dealkylation sites (tertiary alicyclic amines) is 1. The molecule has 2 fully saturated rings. The SMILES string of the molecule is O=C(C1CNCC12CCCc1c2ccc(Cl)[n+]1[O-])N1CCC(c2ccccc2)CC1c1ccccc1. The number of nitrogens with zero attached hydrogens (tertiary/aromatic N) is 2. The average molecular weight is 502 g/mol. The molecule has 4 atom stereocenters. The maximum Gasteiger partial charge on any atom is 0.286 e. The number of hydrogen-bond donors (Lipinski definition) is 1. The first-order valence-electron chi connectivity index (χ1n) is 13.1. The molecule has 36 heavy (non-hydrogen) atoms. The largest absolute Gasteiger partial charge is 0.617 e. The lowest BCUT2D eigenvalue weighted by Gasteiger charge is -2.44. The Bertz CT molecular complexity index is 1250. The van der Waals surface area contributed by atoms with Crippen LogP contribution in [-0.4, -0.2) is 30.4 Å². The molecule has 1 spiro atoms.